The van der Waals surface area contributed by atoms with Crippen LogP contribution in [0.1, 0.15) is 37.0 Å². The van der Waals surface area contributed by atoms with Crippen molar-refractivity contribution in [3.63, 3.8) is 0 Å². The van der Waals surface area contributed by atoms with Crippen LogP contribution in [0.5, 0.6) is 11.5 Å². The van der Waals surface area contributed by atoms with Crippen molar-refractivity contribution >= 4 is 5.91 Å². The van der Waals surface area contributed by atoms with Gasteiger partial charge in [-0.15, -0.1) is 0 Å². The third kappa shape index (κ3) is 4.44. The van der Waals surface area contributed by atoms with Crippen molar-refractivity contribution in [1.29, 1.82) is 0 Å². The number of carbonyl (C=O) groups is 1. The standard InChI is InChI=1S/C14H22N2O3/c1-14(2,7-4-8-15)9-16-13(19)10-5-3-6-11(17)12(10)18/h3,5-6,17-18H,4,7-9,15H2,1-2H3,(H,16,19). The monoisotopic (exact) mass is 266 g/mol. The summed E-state index contributed by atoms with van der Waals surface area (Å²) in [6.45, 7) is 5.21. The summed E-state index contributed by atoms with van der Waals surface area (Å²) >= 11 is 0. The van der Waals surface area contributed by atoms with Crippen molar-refractivity contribution in [1.82, 2.24) is 5.32 Å². The molecule has 5 N–H and O–H groups in total. The van der Waals surface area contributed by atoms with Gasteiger partial charge in [0.1, 0.15) is 0 Å². The van der Waals surface area contributed by atoms with E-state index < -0.39 is 5.91 Å². The molecular weight excluding hydrogens is 244 g/mol. The van der Waals surface area contributed by atoms with Gasteiger partial charge in [0.25, 0.3) is 5.91 Å². The van der Waals surface area contributed by atoms with E-state index in [0.717, 1.165) is 12.8 Å². The Morgan fingerprint density at radius 3 is 2.68 bits per heavy atom. The van der Waals surface area contributed by atoms with Gasteiger partial charge in [-0.3, -0.25) is 4.79 Å². The molecule has 0 spiro atoms. The zero-order valence-corrected chi connectivity index (χ0v) is 11.4. The third-order valence-electron chi connectivity index (χ3n) is 3.04. The molecule has 0 fully saturated rings. The minimum absolute atomic E-state index is 0.0541. The number of phenols is 2. The number of para-hydroxylation sites is 1. The van der Waals surface area contributed by atoms with Crippen LogP contribution in [0.3, 0.4) is 0 Å². The Labute approximate surface area is 113 Å². The highest BCUT2D eigenvalue weighted by molar-refractivity contribution is 5.97. The number of benzene rings is 1. The van der Waals surface area contributed by atoms with Crippen molar-refractivity contribution in [2.75, 3.05) is 13.1 Å². The van der Waals surface area contributed by atoms with Gasteiger partial charge >= 0.3 is 0 Å². The van der Waals surface area contributed by atoms with Crippen LogP contribution in [-0.4, -0.2) is 29.2 Å². The summed E-state index contributed by atoms with van der Waals surface area (Å²) < 4.78 is 0. The molecule has 0 heterocycles. The highest BCUT2D eigenvalue weighted by Crippen LogP contribution is 2.28. The molecule has 0 aliphatic carbocycles. The number of nitrogens with two attached hydrogens (primary N) is 1. The average Bonchev–Trinajstić information content (AvgIpc) is 2.37. The number of nitrogens with one attached hydrogen (secondary N) is 1. The van der Waals surface area contributed by atoms with Gasteiger partial charge in [-0.25, -0.2) is 0 Å². The lowest BCUT2D eigenvalue weighted by molar-refractivity contribution is 0.0931. The van der Waals surface area contributed by atoms with Crippen LogP contribution in [0, 0.1) is 5.41 Å². The molecule has 0 saturated heterocycles. The summed E-state index contributed by atoms with van der Waals surface area (Å²) in [4.78, 5) is 11.9. The fourth-order valence-electron chi connectivity index (χ4n) is 1.80. The summed E-state index contributed by atoms with van der Waals surface area (Å²) in [5.74, 6) is -1.08. The van der Waals surface area contributed by atoms with Crippen LogP contribution in [0.25, 0.3) is 0 Å². The van der Waals surface area contributed by atoms with E-state index in [9.17, 15) is 15.0 Å². The minimum Gasteiger partial charge on any atom is -0.504 e. The fourth-order valence-corrected chi connectivity index (χ4v) is 1.80. The Morgan fingerprint density at radius 1 is 1.37 bits per heavy atom. The van der Waals surface area contributed by atoms with Crippen molar-refractivity contribution < 1.29 is 15.0 Å². The molecule has 0 aliphatic rings. The van der Waals surface area contributed by atoms with E-state index in [4.69, 9.17) is 5.73 Å². The van der Waals surface area contributed by atoms with Crippen molar-refractivity contribution in [3.8, 4) is 11.5 Å². The molecule has 0 radical (unpaired) electrons. The van der Waals surface area contributed by atoms with E-state index in [0.29, 0.717) is 13.1 Å². The summed E-state index contributed by atoms with van der Waals surface area (Å²) in [6, 6.07) is 4.32. The van der Waals surface area contributed by atoms with Crippen molar-refractivity contribution in [2.24, 2.45) is 11.1 Å². The van der Waals surface area contributed by atoms with E-state index in [2.05, 4.69) is 5.32 Å². The summed E-state index contributed by atoms with van der Waals surface area (Å²) in [7, 11) is 0. The van der Waals surface area contributed by atoms with E-state index in [1.54, 1.807) is 0 Å². The SMILES string of the molecule is CC(C)(CCCN)CNC(=O)c1cccc(O)c1O. The van der Waals surface area contributed by atoms with Crippen LogP contribution in [0.15, 0.2) is 18.2 Å². The molecule has 0 unspecified atom stereocenters. The fraction of sp³-hybridized carbons (Fsp3) is 0.500. The first-order valence-electron chi connectivity index (χ1n) is 6.36. The molecule has 5 nitrogen and oxygen atoms in total. The quantitative estimate of drug-likeness (QED) is 0.588. The molecule has 1 rings (SSSR count). The Morgan fingerprint density at radius 2 is 2.05 bits per heavy atom. The van der Waals surface area contributed by atoms with Crippen LogP contribution in [0.4, 0.5) is 0 Å². The Hall–Kier alpha value is -1.75. The van der Waals surface area contributed by atoms with Gasteiger partial charge in [-0.1, -0.05) is 19.9 Å². The molecule has 1 aromatic carbocycles. The topological polar surface area (TPSA) is 95.6 Å². The summed E-state index contributed by atoms with van der Waals surface area (Å²) in [5, 5.41) is 21.7. The van der Waals surface area contributed by atoms with Gasteiger partial charge < -0.3 is 21.3 Å². The molecule has 0 atom stereocenters. The molecule has 0 aromatic heterocycles. The Bertz CT molecular complexity index is 444. The molecule has 1 amide bonds. The van der Waals surface area contributed by atoms with E-state index in [1.165, 1.54) is 18.2 Å². The Kier molecular flexibility index (Phi) is 5.18. The van der Waals surface area contributed by atoms with Crippen molar-refractivity contribution in [3.05, 3.63) is 23.8 Å². The highest BCUT2D eigenvalue weighted by atomic mass is 16.3. The number of hydrogen-bond acceptors (Lipinski definition) is 4. The number of rotatable bonds is 6. The first kappa shape index (κ1) is 15.3. The van der Waals surface area contributed by atoms with E-state index in [1.807, 2.05) is 13.8 Å². The number of hydrogen-bond donors (Lipinski definition) is 4. The number of carbonyl (C=O) groups excluding carboxylic acids is 1. The van der Waals surface area contributed by atoms with Gasteiger partial charge in [-0.05, 0) is 36.9 Å². The van der Waals surface area contributed by atoms with Crippen LogP contribution in [0.2, 0.25) is 0 Å². The summed E-state index contributed by atoms with van der Waals surface area (Å²) in [5.41, 5.74) is 5.50. The van der Waals surface area contributed by atoms with Crippen LogP contribution in [-0.2, 0) is 0 Å². The minimum atomic E-state index is -0.394. The summed E-state index contributed by atoms with van der Waals surface area (Å²) in [6.07, 6.45) is 1.82. The zero-order valence-electron chi connectivity index (χ0n) is 11.4. The second-order valence-corrected chi connectivity index (χ2v) is 5.41. The van der Waals surface area contributed by atoms with Gasteiger partial charge in [0.15, 0.2) is 11.5 Å². The van der Waals surface area contributed by atoms with Gasteiger partial charge in [0.2, 0.25) is 0 Å². The zero-order chi connectivity index (χ0) is 14.5. The second-order valence-electron chi connectivity index (χ2n) is 5.41. The third-order valence-corrected chi connectivity index (χ3v) is 3.04. The van der Waals surface area contributed by atoms with E-state index >= 15 is 0 Å². The smallest absolute Gasteiger partial charge is 0.255 e. The normalized spacial score (nSPS) is 11.3. The lowest BCUT2D eigenvalue weighted by atomic mass is 9.87. The van der Waals surface area contributed by atoms with Gasteiger partial charge in [0.05, 0.1) is 5.56 Å². The molecular formula is C14H22N2O3. The largest absolute Gasteiger partial charge is 0.504 e. The number of phenolic OH excluding ortho intramolecular Hbond substituents is 2. The first-order chi connectivity index (χ1) is 8.87. The van der Waals surface area contributed by atoms with Crippen LogP contribution >= 0.6 is 0 Å². The maximum Gasteiger partial charge on any atom is 0.255 e. The molecule has 0 bridgehead atoms. The molecule has 1 aromatic rings. The lowest BCUT2D eigenvalue weighted by Gasteiger charge is -2.24. The highest BCUT2D eigenvalue weighted by Gasteiger charge is 2.20. The predicted molar refractivity (Wildman–Crippen MR) is 74.2 cm³/mol. The molecule has 106 valence electrons. The number of amides is 1. The van der Waals surface area contributed by atoms with Crippen LogP contribution < -0.4 is 11.1 Å². The second kappa shape index (κ2) is 6.43. The lowest BCUT2D eigenvalue weighted by Crippen LogP contribution is -2.34. The maximum atomic E-state index is 11.9. The predicted octanol–water partition coefficient (Wildman–Crippen LogP) is 1.59. The van der Waals surface area contributed by atoms with E-state index in [-0.39, 0.29) is 22.5 Å². The number of aromatic hydroxyl groups is 2. The van der Waals surface area contributed by atoms with Gasteiger partial charge in [0, 0.05) is 6.54 Å². The molecule has 0 saturated carbocycles. The first-order valence-corrected chi connectivity index (χ1v) is 6.36. The molecule has 0 aliphatic heterocycles. The molecule has 5 heteroatoms. The van der Waals surface area contributed by atoms with Crippen molar-refractivity contribution in [2.45, 2.75) is 26.7 Å². The average molecular weight is 266 g/mol. The molecule has 19 heavy (non-hydrogen) atoms. The van der Waals surface area contributed by atoms with Gasteiger partial charge in [-0.2, -0.15) is 0 Å². The maximum absolute atomic E-state index is 11.9. The Balaban J connectivity index is 2.63.